The summed E-state index contributed by atoms with van der Waals surface area (Å²) in [4.78, 5) is 24.0. The van der Waals surface area contributed by atoms with Crippen molar-refractivity contribution in [2.45, 2.75) is 23.1 Å². The first kappa shape index (κ1) is 19.8. The third-order valence-electron chi connectivity index (χ3n) is 3.13. The third-order valence-corrected chi connectivity index (χ3v) is 4.30. The molecule has 26 heavy (non-hydrogen) atoms. The monoisotopic (exact) mass is 388 g/mol. The van der Waals surface area contributed by atoms with Crippen molar-refractivity contribution in [3.8, 4) is 0 Å². The molecular formula is C15H15F3N4O3S. The van der Waals surface area contributed by atoms with Crippen molar-refractivity contribution in [1.82, 2.24) is 20.1 Å². The highest BCUT2D eigenvalue weighted by molar-refractivity contribution is 8.00. The summed E-state index contributed by atoms with van der Waals surface area (Å²) >= 11 is 0.733. The van der Waals surface area contributed by atoms with E-state index in [-0.39, 0.29) is 11.7 Å². The van der Waals surface area contributed by atoms with Crippen LogP contribution in [0.1, 0.15) is 10.4 Å². The zero-order valence-electron chi connectivity index (χ0n) is 13.6. The van der Waals surface area contributed by atoms with Crippen molar-refractivity contribution >= 4 is 23.6 Å². The van der Waals surface area contributed by atoms with E-state index < -0.39 is 29.8 Å². The van der Waals surface area contributed by atoms with E-state index in [4.69, 9.17) is 0 Å². The molecule has 0 fully saturated rings. The average molecular weight is 388 g/mol. The van der Waals surface area contributed by atoms with Crippen LogP contribution in [0.25, 0.3) is 0 Å². The van der Waals surface area contributed by atoms with Gasteiger partial charge in [-0.05, 0) is 12.1 Å². The second kappa shape index (κ2) is 8.70. The van der Waals surface area contributed by atoms with E-state index in [1.54, 1.807) is 30.3 Å². The standard InChI is InChI=1S/C15H15F3N4O3S/c1-25-13(24)11(7-19-12(23)10-5-3-2-4-6-10)26-14-21-20-9-22(14)8-15(16,17)18/h2-6,9,11H,7-8H2,1H3,(H,19,23)/t11-/m1/s1. The Morgan fingerprint density at radius 2 is 2.00 bits per heavy atom. The molecule has 2 rings (SSSR count). The predicted molar refractivity (Wildman–Crippen MR) is 86.5 cm³/mol. The van der Waals surface area contributed by atoms with E-state index in [1.165, 1.54) is 0 Å². The number of nitrogens with one attached hydrogen (secondary N) is 1. The number of thioether (sulfide) groups is 1. The normalized spacial score (nSPS) is 12.5. The zero-order chi connectivity index (χ0) is 19.2. The summed E-state index contributed by atoms with van der Waals surface area (Å²) in [7, 11) is 1.15. The van der Waals surface area contributed by atoms with Gasteiger partial charge in [0.25, 0.3) is 5.91 Å². The van der Waals surface area contributed by atoms with E-state index in [1.807, 2.05) is 0 Å². The number of aromatic nitrogens is 3. The molecule has 0 spiro atoms. The number of hydrogen-bond donors (Lipinski definition) is 1. The fourth-order valence-corrected chi connectivity index (χ4v) is 2.90. The van der Waals surface area contributed by atoms with Gasteiger partial charge in [0.2, 0.25) is 0 Å². The quantitative estimate of drug-likeness (QED) is 0.576. The number of halogens is 3. The summed E-state index contributed by atoms with van der Waals surface area (Å²) in [5.41, 5.74) is 0.390. The minimum Gasteiger partial charge on any atom is -0.468 e. The van der Waals surface area contributed by atoms with Crippen LogP contribution in [-0.4, -0.2) is 51.7 Å². The predicted octanol–water partition coefficient (Wildman–Crippen LogP) is 1.90. The Bertz CT molecular complexity index is 752. The molecule has 0 aliphatic heterocycles. The van der Waals surface area contributed by atoms with Crippen molar-refractivity contribution in [3.63, 3.8) is 0 Å². The summed E-state index contributed by atoms with van der Waals surface area (Å²) in [5.74, 6) is -1.12. The van der Waals surface area contributed by atoms with Crippen molar-refractivity contribution < 1.29 is 27.5 Å². The van der Waals surface area contributed by atoms with Gasteiger partial charge in [0.15, 0.2) is 5.16 Å². The van der Waals surface area contributed by atoms with Crippen LogP contribution >= 0.6 is 11.8 Å². The highest BCUT2D eigenvalue weighted by Crippen LogP contribution is 2.25. The molecule has 0 unspecified atom stereocenters. The van der Waals surface area contributed by atoms with Crippen molar-refractivity contribution in [3.05, 3.63) is 42.2 Å². The van der Waals surface area contributed by atoms with Crippen LogP contribution in [0, 0.1) is 0 Å². The van der Waals surface area contributed by atoms with Gasteiger partial charge < -0.3 is 10.1 Å². The smallest absolute Gasteiger partial charge is 0.406 e. The van der Waals surface area contributed by atoms with E-state index >= 15 is 0 Å². The summed E-state index contributed by atoms with van der Waals surface area (Å²) in [6, 6.07) is 8.30. The van der Waals surface area contributed by atoms with Crippen molar-refractivity contribution in [2.24, 2.45) is 0 Å². The van der Waals surface area contributed by atoms with Crippen LogP contribution in [0.2, 0.25) is 0 Å². The third kappa shape index (κ3) is 5.76. The number of nitrogens with zero attached hydrogens (tertiary/aromatic N) is 3. The molecule has 0 saturated heterocycles. The van der Waals surface area contributed by atoms with Gasteiger partial charge in [-0.15, -0.1) is 10.2 Å². The molecule has 0 bridgehead atoms. The number of hydrogen-bond acceptors (Lipinski definition) is 6. The fourth-order valence-electron chi connectivity index (χ4n) is 1.95. The van der Waals surface area contributed by atoms with Crippen LogP contribution in [0.4, 0.5) is 13.2 Å². The maximum absolute atomic E-state index is 12.6. The van der Waals surface area contributed by atoms with Crippen LogP contribution < -0.4 is 5.32 Å². The lowest BCUT2D eigenvalue weighted by Gasteiger charge is -2.16. The number of ether oxygens (including phenoxy) is 1. The maximum atomic E-state index is 12.6. The molecule has 0 aliphatic carbocycles. The lowest BCUT2D eigenvalue weighted by atomic mass is 10.2. The molecular weight excluding hydrogens is 373 g/mol. The SMILES string of the molecule is COC(=O)[C@@H](CNC(=O)c1ccccc1)Sc1nncn1CC(F)(F)F. The van der Waals surface area contributed by atoms with E-state index in [9.17, 15) is 22.8 Å². The summed E-state index contributed by atoms with van der Waals surface area (Å²) < 4.78 is 43.1. The zero-order valence-corrected chi connectivity index (χ0v) is 14.4. The summed E-state index contributed by atoms with van der Waals surface area (Å²) in [6.07, 6.45) is -3.54. The molecule has 0 saturated carbocycles. The maximum Gasteiger partial charge on any atom is 0.406 e. The molecule has 2 aromatic rings. The molecule has 1 heterocycles. The van der Waals surface area contributed by atoms with Gasteiger partial charge in [0.1, 0.15) is 18.1 Å². The van der Waals surface area contributed by atoms with Gasteiger partial charge in [0.05, 0.1) is 7.11 Å². The molecule has 1 atom stereocenters. The number of benzene rings is 1. The Balaban J connectivity index is 2.06. The fraction of sp³-hybridized carbons (Fsp3) is 0.333. The second-order valence-corrected chi connectivity index (χ2v) is 6.23. The Morgan fingerprint density at radius 1 is 1.31 bits per heavy atom. The van der Waals surface area contributed by atoms with Gasteiger partial charge >= 0.3 is 12.1 Å². The van der Waals surface area contributed by atoms with Crippen LogP contribution in [-0.2, 0) is 16.1 Å². The first-order chi connectivity index (χ1) is 12.3. The molecule has 0 radical (unpaired) electrons. The largest absolute Gasteiger partial charge is 0.468 e. The average Bonchev–Trinajstić information content (AvgIpc) is 3.03. The summed E-state index contributed by atoms with van der Waals surface area (Å²) in [6.45, 7) is -1.43. The molecule has 1 N–H and O–H groups in total. The Hall–Kier alpha value is -2.56. The van der Waals surface area contributed by atoms with Crippen LogP contribution in [0.3, 0.4) is 0 Å². The van der Waals surface area contributed by atoms with Gasteiger partial charge in [-0.3, -0.25) is 14.2 Å². The van der Waals surface area contributed by atoms with Gasteiger partial charge in [-0.25, -0.2) is 0 Å². The minimum absolute atomic E-state index is 0.105. The number of methoxy groups -OCH3 is 1. The van der Waals surface area contributed by atoms with E-state index in [0.29, 0.717) is 5.56 Å². The summed E-state index contributed by atoms with van der Waals surface area (Å²) in [5, 5.41) is 8.50. The first-order valence-corrected chi connectivity index (χ1v) is 8.20. The van der Waals surface area contributed by atoms with Crippen molar-refractivity contribution in [1.29, 1.82) is 0 Å². The molecule has 1 amide bonds. The molecule has 7 nitrogen and oxygen atoms in total. The second-order valence-electron chi connectivity index (χ2n) is 5.06. The number of alkyl halides is 3. The topological polar surface area (TPSA) is 86.1 Å². The Kier molecular flexibility index (Phi) is 6.61. The highest BCUT2D eigenvalue weighted by Gasteiger charge is 2.31. The Labute approximate surface area is 150 Å². The minimum atomic E-state index is -4.46. The van der Waals surface area contributed by atoms with Crippen LogP contribution in [0.15, 0.2) is 41.8 Å². The number of carbonyl (C=O) groups is 2. The molecule has 1 aromatic heterocycles. The molecule has 0 aliphatic rings. The molecule has 140 valence electrons. The highest BCUT2D eigenvalue weighted by atomic mass is 32.2. The van der Waals surface area contributed by atoms with E-state index in [2.05, 4.69) is 20.3 Å². The Morgan fingerprint density at radius 3 is 2.62 bits per heavy atom. The molecule has 1 aromatic carbocycles. The number of carbonyl (C=O) groups excluding carboxylic acids is 2. The number of amides is 1. The van der Waals surface area contributed by atoms with Crippen LogP contribution in [0.5, 0.6) is 0 Å². The van der Waals surface area contributed by atoms with Gasteiger partial charge in [-0.1, -0.05) is 30.0 Å². The van der Waals surface area contributed by atoms with Crippen molar-refractivity contribution in [2.75, 3.05) is 13.7 Å². The number of esters is 1. The first-order valence-electron chi connectivity index (χ1n) is 7.32. The number of rotatable bonds is 7. The lowest BCUT2D eigenvalue weighted by molar-refractivity contribution is -0.142. The van der Waals surface area contributed by atoms with Gasteiger partial charge in [0, 0.05) is 12.1 Å². The lowest BCUT2D eigenvalue weighted by Crippen LogP contribution is -2.35. The van der Waals surface area contributed by atoms with E-state index in [0.717, 1.165) is 29.8 Å². The van der Waals surface area contributed by atoms with Gasteiger partial charge in [-0.2, -0.15) is 13.2 Å². The molecule has 11 heteroatoms.